The largest absolute Gasteiger partial charge is 0.379 e. The molecule has 1 aliphatic heterocycles. The van der Waals surface area contributed by atoms with Crippen LogP contribution in [0.3, 0.4) is 0 Å². The van der Waals surface area contributed by atoms with Gasteiger partial charge in [0, 0.05) is 31.2 Å². The number of fused-ring (bicyclic) bond motifs is 1. The Morgan fingerprint density at radius 3 is 2.70 bits per heavy atom. The average molecular weight is 487 g/mol. The predicted molar refractivity (Wildman–Crippen MR) is 127 cm³/mol. The predicted octanol–water partition coefficient (Wildman–Crippen LogP) is 5.31. The van der Waals surface area contributed by atoms with Crippen molar-refractivity contribution in [2.75, 3.05) is 44.3 Å². The molecule has 0 unspecified atom stereocenters. The summed E-state index contributed by atoms with van der Waals surface area (Å²) in [5, 5.41) is 1.76. The van der Waals surface area contributed by atoms with E-state index in [4.69, 9.17) is 32.9 Å². The number of aryl methyl sites for hydroxylation is 1. The summed E-state index contributed by atoms with van der Waals surface area (Å²) in [6.45, 7) is 6.41. The first-order valence-corrected chi connectivity index (χ1v) is 11.0. The lowest BCUT2D eigenvalue weighted by Crippen LogP contribution is -2.43. The minimum Gasteiger partial charge on any atom is -0.379 e. The Morgan fingerprint density at radius 1 is 1.23 bits per heavy atom. The molecule has 1 aromatic heterocycles. The Morgan fingerprint density at radius 2 is 1.97 bits per heavy atom. The molecule has 30 heavy (non-hydrogen) atoms. The van der Waals surface area contributed by atoms with Crippen molar-refractivity contribution in [3.05, 3.63) is 57.6 Å². The Kier molecular flexibility index (Phi) is 7.96. The highest BCUT2D eigenvalue weighted by Gasteiger charge is 2.24. The number of carbonyl (C=O) groups is 1. The van der Waals surface area contributed by atoms with Crippen LogP contribution in [-0.4, -0.2) is 55.2 Å². The smallest absolute Gasteiger partial charge is 0.261 e. The number of morpholine rings is 1. The second-order valence-corrected chi connectivity index (χ2v) is 8.81. The summed E-state index contributed by atoms with van der Waals surface area (Å²) in [6, 6.07) is 10.9. The third kappa shape index (κ3) is 5.07. The van der Waals surface area contributed by atoms with E-state index in [0.717, 1.165) is 48.6 Å². The first-order valence-electron chi connectivity index (χ1n) is 9.46. The maximum Gasteiger partial charge on any atom is 0.261 e. The Bertz CT molecular complexity index is 1040. The molecule has 160 valence electrons. The number of hydrogen-bond acceptors (Lipinski definition) is 5. The fourth-order valence-corrected chi connectivity index (χ4v) is 5.05. The van der Waals surface area contributed by atoms with Crippen molar-refractivity contribution in [3.8, 4) is 0 Å². The molecule has 0 atom stereocenters. The van der Waals surface area contributed by atoms with Gasteiger partial charge in [-0.1, -0.05) is 46.7 Å². The summed E-state index contributed by atoms with van der Waals surface area (Å²) in [7, 11) is 0. The molecule has 0 radical (unpaired) electrons. The monoisotopic (exact) mass is 485 g/mol. The number of amides is 1. The lowest BCUT2D eigenvalue weighted by molar-refractivity contribution is 0.0391. The molecule has 2 heterocycles. The first kappa shape index (κ1) is 23.3. The minimum atomic E-state index is -0.147. The minimum absolute atomic E-state index is 0. The molecule has 3 aromatic rings. The van der Waals surface area contributed by atoms with Gasteiger partial charge >= 0.3 is 0 Å². The van der Waals surface area contributed by atoms with E-state index < -0.39 is 0 Å². The van der Waals surface area contributed by atoms with Crippen LogP contribution in [0.25, 0.3) is 10.2 Å². The van der Waals surface area contributed by atoms with E-state index in [2.05, 4.69) is 4.90 Å². The van der Waals surface area contributed by atoms with Crippen LogP contribution in [-0.2, 0) is 4.74 Å². The Hall–Kier alpha value is -1.41. The van der Waals surface area contributed by atoms with E-state index in [9.17, 15) is 4.79 Å². The van der Waals surface area contributed by atoms with Gasteiger partial charge in [0.2, 0.25) is 0 Å². The van der Waals surface area contributed by atoms with Gasteiger partial charge in [0.15, 0.2) is 5.13 Å². The maximum atomic E-state index is 13.4. The number of hydrogen-bond donors (Lipinski definition) is 0. The molecule has 5 nitrogen and oxygen atoms in total. The van der Waals surface area contributed by atoms with Gasteiger partial charge in [-0.05, 0) is 36.8 Å². The van der Waals surface area contributed by atoms with Crippen LogP contribution in [0, 0.1) is 6.92 Å². The SMILES string of the molecule is Cc1cc(Cl)cc2sc(N(CCN3CCOCC3)C(=O)c3ccccc3Cl)nc12.Cl. The molecule has 0 spiro atoms. The molecule has 1 amide bonds. The lowest BCUT2D eigenvalue weighted by Gasteiger charge is -2.29. The zero-order chi connectivity index (χ0) is 20.4. The highest BCUT2D eigenvalue weighted by atomic mass is 35.5. The van der Waals surface area contributed by atoms with Crippen molar-refractivity contribution in [1.29, 1.82) is 0 Å². The summed E-state index contributed by atoms with van der Waals surface area (Å²) in [6.07, 6.45) is 0. The molecule has 4 rings (SSSR count). The second kappa shape index (κ2) is 10.3. The molecule has 0 saturated carbocycles. The van der Waals surface area contributed by atoms with E-state index in [-0.39, 0.29) is 18.3 Å². The number of benzene rings is 2. The first-order chi connectivity index (χ1) is 14.0. The van der Waals surface area contributed by atoms with E-state index in [1.807, 2.05) is 31.2 Å². The zero-order valence-electron chi connectivity index (χ0n) is 16.4. The van der Waals surface area contributed by atoms with Gasteiger partial charge in [0.1, 0.15) is 0 Å². The number of thiazole rings is 1. The average Bonchev–Trinajstić information content (AvgIpc) is 3.13. The fourth-order valence-electron chi connectivity index (χ4n) is 3.39. The highest BCUT2D eigenvalue weighted by Crippen LogP contribution is 2.34. The Labute approximate surface area is 195 Å². The molecular formula is C21H22Cl3N3O2S. The number of aromatic nitrogens is 1. The van der Waals surface area contributed by atoms with Gasteiger partial charge < -0.3 is 4.74 Å². The Balaban J connectivity index is 0.00000256. The van der Waals surface area contributed by atoms with Crippen LogP contribution in [0.2, 0.25) is 10.0 Å². The summed E-state index contributed by atoms with van der Waals surface area (Å²) >= 11 is 14.0. The van der Waals surface area contributed by atoms with Crippen molar-refractivity contribution >= 4 is 68.2 Å². The van der Waals surface area contributed by atoms with Gasteiger partial charge in [-0.25, -0.2) is 4.98 Å². The number of ether oxygens (including phenoxy) is 1. The zero-order valence-corrected chi connectivity index (χ0v) is 19.6. The van der Waals surface area contributed by atoms with E-state index in [1.165, 1.54) is 11.3 Å². The van der Waals surface area contributed by atoms with Crippen LogP contribution in [0.5, 0.6) is 0 Å². The quantitative estimate of drug-likeness (QED) is 0.490. The standard InChI is InChI=1S/C21H21Cl2N3O2S.ClH/c1-14-12-15(22)13-18-19(14)24-21(29-18)26(7-6-25-8-10-28-11-9-25)20(27)16-4-2-3-5-17(16)23;/h2-5,12-13H,6-11H2,1H3;1H. The molecule has 9 heteroatoms. The highest BCUT2D eigenvalue weighted by molar-refractivity contribution is 7.22. The summed E-state index contributed by atoms with van der Waals surface area (Å²) in [4.78, 5) is 22.2. The lowest BCUT2D eigenvalue weighted by atomic mass is 10.2. The summed E-state index contributed by atoms with van der Waals surface area (Å²) in [5.41, 5.74) is 2.34. The maximum absolute atomic E-state index is 13.4. The second-order valence-electron chi connectivity index (χ2n) is 6.96. The topological polar surface area (TPSA) is 45.7 Å². The third-order valence-electron chi connectivity index (χ3n) is 4.96. The van der Waals surface area contributed by atoms with E-state index in [1.54, 1.807) is 17.0 Å². The van der Waals surface area contributed by atoms with Gasteiger partial charge in [0.25, 0.3) is 5.91 Å². The molecule has 1 fully saturated rings. The van der Waals surface area contributed by atoms with Gasteiger partial charge in [-0.15, -0.1) is 12.4 Å². The van der Waals surface area contributed by atoms with Crippen LogP contribution < -0.4 is 4.90 Å². The van der Waals surface area contributed by atoms with Gasteiger partial charge in [0.05, 0.1) is 34.0 Å². The molecule has 0 aliphatic carbocycles. The van der Waals surface area contributed by atoms with Crippen molar-refractivity contribution in [2.24, 2.45) is 0 Å². The summed E-state index contributed by atoms with van der Waals surface area (Å²) in [5.74, 6) is -0.147. The molecule has 2 aromatic carbocycles. The van der Waals surface area contributed by atoms with E-state index in [0.29, 0.717) is 27.3 Å². The number of rotatable bonds is 5. The van der Waals surface area contributed by atoms with Crippen molar-refractivity contribution in [2.45, 2.75) is 6.92 Å². The molecule has 1 saturated heterocycles. The van der Waals surface area contributed by atoms with E-state index >= 15 is 0 Å². The van der Waals surface area contributed by atoms with Crippen LogP contribution >= 0.6 is 46.9 Å². The number of anilines is 1. The molecular weight excluding hydrogens is 465 g/mol. The number of nitrogens with zero attached hydrogens (tertiary/aromatic N) is 3. The fraction of sp³-hybridized carbons (Fsp3) is 0.333. The van der Waals surface area contributed by atoms with Crippen molar-refractivity contribution < 1.29 is 9.53 Å². The number of carbonyl (C=O) groups excluding carboxylic acids is 1. The van der Waals surface area contributed by atoms with Crippen molar-refractivity contribution in [3.63, 3.8) is 0 Å². The molecule has 0 bridgehead atoms. The third-order valence-corrected chi connectivity index (χ3v) is 6.54. The normalized spacial score (nSPS) is 14.5. The molecule has 0 N–H and O–H groups in total. The van der Waals surface area contributed by atoms with Gasteiger partial charge in [-0.3, -0.25) is 14.6 Å². The summed E-state index contributed by atoms with van der Waals surface area (Å²) < 4.78 is 6.39. The van der Waals surface area contributed by atoms with Crippen LogP contribution in [0.1, 0.15) is 15.9 Å². The van der Waals surface area contributed by atoms with Gasteiger partial charge in [-0.2, -0.15) is 0 Å². The van der Waals surface area contributed by atoms with Crippen LogP contribution in [0.15, 0.2) is 36.4 Å². The van der Waals surface area contributed by atoms with Crippen molar-refractivity contribution in [1.82, 2.24) is 9.88 Å². The molecule has 1 aliphatic rings. The van der Waals surface area contributed by atoms with Crippen LogP contribution in [0.4, 0.5) is 5.13 Å². The number of halogens is 3.